The first-order chi connectivity index (χ1) is 9.27. The highest BCUT2D eigenvalue weighted by Crippen LogP contribution is 2.09. The number of unbranched alkanes of at least 4 members (excludes halogenated alkanes) is 5. The van der Waals surface area contributed by atoms with Gasteiger partial charge < -0.3 is 4.90 Å². The summed E-state index contributed by atoms with van der Waals surface area (Å²) in [6, 6.07) is 0. The van der Waals surface area contributed by atoms with Crippen molar-refractivity contribution < 1.29 is 4.79 Å². The number of carbonyl (C=O) groups is 1. The van der Waals surface area contributed by atoms with Crippen molar-refractivity contribution in [2.24, 2.45) is 0 Å². The highest BCUT2D eigenvalue weighted by atomic mass is 16.2. The Balaban J connectivity index is 2.02. The fraction of sp³-hybridized carbons (Fsp3) is 0.938. The number of hydrogen-bond acceptors (Lipinski definition) is 2. The van der Waals surface area contributed by atoms with Gasteiger partial charge in [-0.1, -0.05) is 46.0 Å². The number of carbonyl (C=O) groups excluding carboxylic acids is 1. The molecule has 0 aromatic rings. The number of nitrogens with zero attached hydrogens (tertiary/aromatic N) is 2. The van der Waals surface area contributed by atoms with E-state index >= 15 is 0 Å². The Morgan fingerprint density at radius 2 is 1.47 bits per heavy atom. The van der Waals surface area contributed by atoms with Gasteiger partial charge in [0.05, 0.1) is 0 Å². The highest BCUT2D eigenvalue weighted by Gasteiger charge is 2.19. The predicted octanol–water partition coefficient (Wildman–Crippen LogP) is 3.29. The van der Waals surface area contributed by atoms with Crippen LogP contribution < -0.4 is 0 Å². The Labute approximate surface area is 119 Å². The lowest BCUT2D eigenvalue weighted by atomic mass is 10.1. The number of rotatable bonds is 9. The molecule has 1 amide bonds. The van der Waals surface area contributed by atoms with E-state index in [-0.39, 0.29) is 0 Å². The van der Waals surface area contributed by atoms with Crippen LogP contribution in [0.2, 0.25) is 0 Å². The van der Waals surface area contributed by atoms with E-state index in [9.17, 15) is 4.79 Å². The molecule has 1 fully saturated rings. The molecule has 0 spiro atoms. The lowest BCUT2D eigenvalue weighted by Gasteiger charge is -2.34. The number of piperazine rings is 1. The summed E-state index contributed by atoms with van der Waals surface area (Å²) in [5, 5.41) is 0. The molecule has 0 saturated carbocycles. The fourth-order valence-electron chi connectivity index (χ4n) is 2.71. The highest BCUT2D eigenvalue weighted by molar-refractivity contribution is 5.76. The Morgan fingerprint density at radius 1 is 0.842 bits per heavy atom. The van der Waals surface area contributed by atoms with E-state index in [1.54, 1.807) is 0 Å². The maximum Gasteiger partial charge on any atom is 0.222 e. The van der Waals surface area contributed by atoms with Crippen LogP contribution in [-0.4, -0.2) is 48.4 Å². The van der Waals surface area contributed by atoms with Gasteiger partial charge in [0.25, 0.3) is 0 Å². The Kier molecular flexibility index (Phi) is 8.89. The standard InChI is InChI=1S/C16H32N2O/c1-3-5-6-7-8-9-11-17-12-14-18(15-13-17)16(19)10-4-2/h3-15H2,1-2H3. The van der Waals surface area contributed by atoms with Crippen molar-refractivity contribution in [1.29, 1.82) is 0 Å². The molecule has 1 saturated heterocycles. The van der Waals surface area contributed by atoms with Crippen LogP contribution in [0.4, 0.5) is 0 Å². The molecule has 1 heterocycles. The zero-order chi connectivity index (χ0) is 13.9. The van der Waals surface area contributed by atoms with Crippen LogP contribution in [-0.2, 0) is 4.79 Å². The van der Waals surface area contributed by atoms with Crippen molar-refractivity contribution >= 4 is 5.91 Å². The molecule has 3 nitrogen and oxygen atoms in total. The van der Waals surface area contributed by atoms with E-state index in [4.69, 9.17) is 0 Å². The molecule has 0 bridgehead atoms. The summed E-state index contributed by atoms with van der Waals surface area (Å²) in [5.74, 6) is 0.349. The van der Waals surface area contributed by atoms with Crippen molar-refractivity contribution in [2.75, 3.05) is 32.7 Å². The lowest BCUT2D eigenvalue weighted by Crippen LogP contribution is -2.48. The Morgan fingerprint density at radius 3 is 2.11 bits per heavy atom. The molecule has 0 radical (unpaired) electrons. The zero-order valence-corrected chi connectivity index (χ0v) is 13.0. The van der Waals surface area contributed by atoms with Gasteiger partial charge in [0.15, 0.2) is 0 Å². The summed E-state index contributed by atoms with van der Waals surface area (Å²) in [6.45, 7) is 9.59. The molecule has 0 aromatic heterocycles. The van der Waals surface area contributed by atoms with Gasteiger partial charge in [-0.2, -0.15) is 0 Å². The van der Waals surface area contributed by atoms with Crippen LogP contribution in [0.5, 0.6) is 0 Å². The molecule has 3 heteroatoms. The second-order valence-electron chi connectivity index (χ2n) is 5.74. The van der Waals surface area contributed by atoms with Gasteiger partial charge in [-0.25, -0.2) is 0 Å². The lowest BCUT2D eigenvalue weighted by molar-refractivity contribution is -0.132. The fourth-order valence-corrected chi connectivity index (χ4v) is 2.71. The SMILES string of the molecule is CCCCCCCCN1CCN(C(=O)CCC)CC1. The molecule has 1 aliphatic heterocycles. The van der Waals surface area contributed by atoms with Gasteiger partial charge in [-0.3, -0.25) is 9.69 Å². The van der Waals surface area contributed by atoms with Crippen LogP contribution in [0.25, 0.3) is 0 Å². The second-order valence-corrected chi connectivity index (χ2v) is 5.74. The average Bonchev–Trinajstić information content (AvgIpc) is 2.43. The molecule has 0 atom stereocenters. The first-order valence-electron chi connectivity index (χ1n) is 8.28. The van der Waals surface area contributed by atoms with E-state index in [0.29, 0.717) is 5.91 Å². The van der Waals surface area contributed by atoms with Crippen LogP contribution in [0.1, 0.15) is 65.2 Å². The second kappa shape index (κ2) is 10.2. The van der Waals surface area contributed by atoms with Gasteiger partial charge >= 0.3 is 0 Å². The van der Waals surface area contributed by atoms with Gasteiger partial charge in [0.2, 0.25) is 5.91 Å². The maximum absolute atomic E-state index is 11.8. The third kappa shape index (κ3) is 6.95. The molecule has 0 aliphatic carbocycles. The van der Waals surface area contributed by atoms with Gasteiger partial charge in [0.1, 0.15) is 0 Å². The van der Waals surface area contributed by atoms with Crippen molar-refractivity contribution in [3.05, 3.63) is 0 Å². The number of amides is 1. The summed E-state index contributed by atoms with van der Waals surface area (Å²) in [5.41, 5.74) is 0. The molecular formula is C16H32N2O. The van der Waals surface area contributed by atoms with E-state index in [1.807, 2.05) is 4.90 Å². The molecule has 0 N–H and O–H groups in total. The first kappa shape index (κ1) is 16.5. The van der Waals surface area contributed by atoms with Crippen molar-refractivity contribution in [1.82, 2.24) is 9.80 Å². The summed E-state index contributed by atoms with van der Waals surface area (Å²) < 4.78 is 0. The Bertz CT molecular complexity index is 235. The summed E-state index contributed by atoms with van der Waals surface area (Å²) in [6.07, 6.45) is 9.89. The molecule has 19 heavy (non-hydrogen) atoms. The maximum atomic E-state index is 11.8. The van der Waals surface area contributed by atoms with Gasteiger partial charge in [-0.15, -0.1) is 0 Å². The van der Waals surface area contributed by atoms with E-state index in [1.165, 1.54) is 45.1 Å². The third-order valence-electron chi connectivity index (χ3n) is 4.02. The quantitative estimate of drug-likeness (QED) is 0.599. The topological polar surface area (TPSA) is 23.6 Å². The van der Waals surface area contributed by atoms with Crippen molar-refractivity contribution in [2.45, 2.75) is 65.2 Å². The smallest absolute Gasteiger partial charge is 0.222 e. The molecular weight excluding hydrogens is 236 g/mol. The van der Waals surface area contributed by atoms with Crippen LogP contribution in [0.3, 0.4) is 0 Å². The number of hydrogen-bond donors (Lipinski definition) is 0. The molecule has 0 unspecified atom stereocenters. The van der Waals surface area contributed by atoms with E-state index < -0.39 is 0 Å². The minimum atomic E-state index is 0.349. The summed E-state index contributed by atoms with van der Waals surface area (Å²) in [7, 11) is 0. The predicted molar refractivity (Wildman–Crippen MR) is 81.3 cm³/mol. The van der Waals surface area contributed by atoms with E-state index in [2.05, 4.69) is 18.7 Å². The summed E-state index contributed by atoms with van der Waals surface area (Å²) in [4.78, 5) is 16.3. The van der Waals surface area contributed by atoms with Gasteiger partial charge in [0, 0.05) is 32.6 Å². The minimum Gasteiger partial charge on any atom is -0.340 e. The van der Waals surface area contributed by atoms with Crippen LogP contribution >= 0.6 is 0 Å². The van der Waals surface area contributed by atoms with Crippen molar-refractivity contribution in [3.63, 3.8) is 0 Å². The van der Waals surface area contributed by atoms with Crippen LogP contribution in [0, 0.1) is 0 Å². The molecule has 112 valence electrons. The van der Waals surface area contributed by atoms with Gasteiger partial charge in [-0.05, 0) is 19.4 Å². The normalized spacial score (nSPS) is 16.8. The van der Waals surface area contributed by atoms with E-state index in [0.717, 1.165) is 39.0 Å². The first-order valence-corrected chi connectivity index (χ1v) is 8.28. The molecule has 1 rings (SSSR count). The monoisotopic (exact) mass is 268 g/mol. The molecule has 1 aliphatic rings. The summed E-state index contributed by atoms with van der Waals surface area (Å²) >= 11 is 0. The zero-order valence-electron chi connectivity index (χ0n) is 13.0. The largest absolute Gasteiger partial charge is 0.340 e. The van der Waals surface area contributed by atoms with Crippen LogP contribution in [0.15, 0.2) is 0 Å². The molecule has 0 aromatic carbocycles. The Hall–Kier alpha value is -0.570. The minimum absolute atomic E-state index is 0.349. The third-order valence-corrected chi connectivity index (χ3v) is 4.02. The average molecular weight is 268 g/mol. The van der Waals surface area contributed by atoms with Crippen molar-refractivity contribution in [3.8, 4) is 0 Å².